The first-order chi connectivity index (χ1) is 12.0. The molecule has 1 aromatic carbocycles. The van der Waals surface area contributed by atoms with Crippen molar-refractivity contribution >= 4 is 11.7 Å². The lowest BCUT2D eigenvalue weighted by molar-refractivity contribution is 0.0785. The fourth-order valence-corrected chi connectivity index (χ4v) is 3.08. The van der Waals surface area contributed by atoms with Gasteiger partial charge in [0.15, 0.2) is 11.6 Å². The molecule has 3 heterocycles. The van der Waals surface area contributed by atoms with Crippen LogP contribution in [0.5, 0.6) is 0 Å². The number of fused-ring (bicyclic) bond motifs is 1. The van der Waals surface area contributed by atoms with E-state index in [0.717, 1.165) is 22.7 Å². The maximum Gasteiger partial charge on any atom is 0.274 e. The number of nitrogens with one attached hydrogen (secondary N) is 1. The van der Waals surface area contributed by atoms with Gasteiger partial charge in [0.05, 0.1) is 0 Å². The van der Waals surface area contributed by atoms with Crippen molar-refractivity contribution in [3.63, 3.8) is 0 Å². The van der Waals surface area contributed by atoms with Gasteiger partial charge in [0, 0.05) is 25.1 Å². The molecule has 1 saturated heterocycles. The average Bonchev–Trinajstić information content (AvgIpc) is 3.26. The van der Waals surface area contributed by atoms with E-state index in [4.69, 9.17) is 0 Å². The van der Waals surface area contributed by atoms with Gasteiger partial charge >= 0.3 is 0 Å². The van der Waals surface area contributed by atoms with Crippen LogP contribution in [0.1, 0.15) is 28.4 Å². The summed E-state index contributed by atoms with van der Waals surface area (Å²) in [5, 5.41) is 2.60. The van der Waals surface area contributed by atoms with Crippen molar-refractivity contribution in [3.05, 3.63) is 63.8 Å². The van der Waals surface area contributed by atoms with Crippen molar-refractivity contribution < 1.29 is 13.6 Å². The van der Waals surface area contributed by atoms with Gasteiger partial charge in [-0.15, -0.1) is 0 Å². The second kappa shape index (κ2) is 5.76. The van der Waals surface area contributed by atoms with Crippen molar-refractivity contribution in [1.82, 2.24) is 24.5 Å². The van der Waals surface area contributed by atoms with Crippen LogP contribution in [0.2, 0.25) is 0 Å². The molecule has 2 aromatic heterocycles. The molecule has 1 fully saturated rings. The van der Waals surface area contributed by atoms with Gasteiger partial charge in [-0.3, -0.25) is 14.7 Å². The van der Waals surface area contributed by atoms with E-state index in [2.05, 4.69) is 15.1 Å². The molecule has 0 bridgehead atoms. The maximum atomic E-state index is 13.4. The zero-order valence-corrected chi connectivity index (χ0v) is 12.9. The molecule has 25 heavy (non-hydrogen) atoms. The molecule has 4 rings (SSSR count). The van der Waals surface area contributed by atoms with Crippen LogP contribution >= 0.6 is 0 Å². The highest BCUT2D eigenvalue weighted by atomic mass is 19.2. The SMILES string of the molecule is O=C(c1cc(=O)n2[nH]cnc2n1)N1CCC(c2ccc(F)c(F)c2)C1. The fraction of sp³-hybridized carbons (Fsp3) is 0.250. The molecule has 1 aliphatic rings. The fourth-order valence-electron chi connectivity index (χ4n) is 3.08. The monoisotopic (exact) mass is 345 g/mol. The minimum Gasteiger partial charge on any atom is -0.337 e. The Balaban J connectivity index is 1.57. The van der Waals surface area contributed by atoms with E-state index < -0.39 is 17.2 Å². The first kappa shape index (κ1) is 15.4. The Hall–Kier alpha value is -3.10. The largest absolute Gasteiger partial charge is 0.337 e. The third-order valence-electron chi connectivity index (χ3n) is 4.38. The average molecular weight is 345 g/mol. The second-order valence-electron chi connectivity index (χ2n) is 5.91. The summed E-state index contributed by atoms with van der Waals surface area (Å²) in [7, 11) is 0. The molecular weight excluding hydrogens is 332 g/mol. The van der Waals surface area contributed by atoms with Crippen molar-refractivity contribution in [2.24, 2.45) is 0 Å². The molecule has 1 N–H and O–H groups in total. The Bertz CT molecular complexity index is 1030. The third kappa shape index (κ3) is 2.67. The molecule has 0 spiro atoms. The van der Waals surface area contributed by atoms with Crippen molar-refractivity contribution in [2.75, 3.05) is 13.1 Å². The van der Waals surface area contributed by atoms with E-state index in [1.54, 1.807) is 4.90 Å². The zero-order chi connectivity index (χ0) is 17.6. The highest BCUT2D eigenvalue weighted by Gasteiger charge is 2.29. The highest BCUT2D eigenvalue weighted by Crippen LogP contribution is 2.28. The van der Waals surface area contributed by atoms with Crippen LogP contribution in [-0.2, 0) is 0 Å². The van der Waals surface area contributed by atoms with Crippen molar-refractivity contribution in [1.29, 1.82) is 0 Å². The van der Waals surface area contributed by atoms with Gasteiger partial charge < -0.3 is 4.90 Å². The number of aromatic nitrogens is 4. The Morgan fingerprint density at radius 3 is 2.88 bits per heavy atom. The minimum absolute atomic E-state index is 0.0167. The number of carbonyl (C=O) groups is 1. The number of nitrogens with zero attached hydrogens (tertiary/aromatic N) is 4. The molecule has 3 aromatic rings. The summed E-state index contributed by atoms with van der Waals surface area (Å²) in [4.78, 5) is 34.1. The lowest BCUT2D eigenvalue weighted by Gasteiger charge is -2.16. The summed E-state index contributed by atoms with van der Waals surface area (Å²) >= 11 is 0. The standard InChI is InChI=1S/C16H13F2N5O2/c17-11-2-1-9(5-12(11)18)10-3-4-22(7-10)15(25)13-6-14(24)23-16(21-13)19-8-20-23/h1-2,5-6,8,10H,3-4,7H2,(H,19,20,21). The number of likely N-dealkylation sites (tertiary alicyclic amines) is 1. The van der Waals surface area contributed by atoms with Gasteiger partial charge in [-0.05, 0) is 24.1 Å². The number of carbonyl (C=O) groups excluding carboxylic acids is 1. The van der Waals surface area contributed by atoms with Crippen LogP contribution in [0.15, 0.2) is 35.4 Å². The topological polar surface area (TPSA) is 83.4 Å². The number of H-pyrrole nitrogens is 1. The minimum atomic E-state index is -0.902. The molecule has 1 aliphatic heterocycles. The first-order valence-corrected chi connectivity index (χ1v) is 7.70. The lowest BCUT2D eigenvalue weighted by Crippen LogP contribution is -2.31. The number of rotatable bonds is 2. The van der Waals surface area contributed by atoms with Gasteiger partial charge in [0.2, 0.25) is 0 Å². The van der Waals surface area contributed by atoms with Gasteiger partial charge in [0.1, 0.15) is 12.0 Å². The van der Waals surface area contributed by atoms with Crippen LogP contribution in [-0.4, -0.2) is 43.5 Å². The number of halogens is 2. The first-order valence-electron chi connectivity index (χ1n) is 7.70. The van der Waals surface area contributed by atoms with Crippen LogP contribution < -0.4 is 5.56 Å². The van der Waals surface area contributed by atoms with Crippen LogP contribution in [0.4, 0.5) is 8.78 Å². The molecule has 1 unspecified atom stereocenters. The molecular formula is C16H13F2N5O2. The predicted octanol–water partition coefficient (Wildman–Crippen LogP) is 1.33. The maximum absolute atomic E-state index is 13.4. The van der Waals surface area contributed by atoms with Crippen LogP contribution in [0.3, 0.4) is 0 Å². The van der Waals surface area contributed by atoms with Crippen molar-refractivity contribution in [2.45, 2.75) is 12.3 Å². The number of benzene rings is 1. The highest BCUT2D eigenvalue weighted by molar-refractivity contribution is 5.92. The van der Waals surface area contributed by atoms with Gasteiger partial charge in [0.25, 0.3) is 17.2 Å². The Labute approximate surface area is 139 Å². The zero-order valence-electron chi connectivity index (χ0n) is 12.9. The second-order valence-corrected chi connectivity index (χ2v) is 5.91. The van der Waals surface area contributed by atoms with E-state index in [1.807, 2.05) is 0 Å². The Kier molecular flexibility index (Phi) is 3.56. The summed E-state index contributed by atoms with van der Waals surface area (Å²) in [5.41, 5.74) is 0.232. The van der Waals surface area contributed by atoms with E-state index in [1.165, 1.54) is 12.4 Å². The molecule has 1 atom stereocenters. The number of hydrogen-bond donors (Lipinski definition) is 1. The summed E-state index contributed by atoms with van der Waals surface area (Å²) in [6, 6.07) is 4.92. The number of hydrogen-bond acceptors (Lipinski definition) is 4. The van der Waals surface area contributed by atoms with E-state index >= 15 is 0 Å². The Morgan fingerprint density at radius 2 is 2.08 bits per heavy atom. The molecule has 0 radical (unpaired) electrons. The molecule has 9 heteroatoms. The predicted molar refractivity (Wildman–Crippen MR) is 83.2 cm³/mol. The molecule has 128 valence electrons. The smallest absolute Gasteiger partial charge is 0.274 e. The van der Waals surface area contributed by atoms with Crippen molar-refractivity contribution in [3.8, 4) is 0 Å². The summed E-state index contributed by atoms with van der Waals surface area (Å²) in [6.07, 6.45) is 1.94. The van der Waals surface area contributed by atoms with E-state index in [9.17, 15) is 18.4 Å². The normalized spacial score (nSPS) is 17.4. The lowest BCUT2D eigenvalue weighted by atomic mass is 9.98. The van der Waals surface area contributed by atoms with E-state index in [0.29, 0.717) is 25.1 Å². The number of amides is 1. The Morgan fingerprint density at radius 1 is 1.24 bits per heavy atom. The molecule has 0 saturated carbocycles. The summed E-state index contributed by atoms with van der Waals surface area (Å²) in [5.74, 6) is -2.15. The third-order valence-corrected chi connectivity index (χ3v) is 4.38. The van der Waals surface area contributed by atoms with Gasteiger partial charge in [-0.25, -0.2) is 18.7 Å². The molecule has 7 nitrogen and oxygen atoms in total. The quantitative estimate of drug-likeness (QED) is 0.759. The van der Waals surface area contributed by atoms with Crippen LogP contribution in [0.25, 0.3) is 5.78 Å². The summed E-state index contributed by atoms with van der Waals surface area (Å²) in [6.45, 7) is 0.801. The van der Waals surface area contributed by atoms with E-state index in [-0.39, 0.29) is 23.3 Å². The van der Waals surface area contributed by atoms with Gasteiger partial charge in [-0.1, -0.05) is 6.07 Å². The summed E-state index contributed by atoms with van der Waals surface area (Å²) < 4.78 is 27.6. The number of aromatic amines is 1. The van der Waals surface area contributed by atoms with Crippen LogP contribution in [0, 0.1) is 11.6 Å². The molecule has 1 amide bonds. The molecule has 0 aliphatic carbocycles. The van der Waals surface area contributed by atoms with Gasteiger partial charge in [-0.2, -0.15) is 4.52 Å².